The Balaban J connectivity index is 0.000000136. The lowest BCUT2D eigenvalue weighted by Crippen LogP contribution is -2.12. The predicted molar refractivity (Wildman–Crippen MR) is 99.2 cm³/mol. The molecule has 114 valence electrons. The highest BCUT2D eigenvalue weighted by Gasteiger charge is 1.99. The molecule has 0 saturated carbocycles. The van der Waals surface area contributed by atoms with Gasteiger partial charge in [-0.05, 0) is 35.0 Å². The maximum atomic E-state index is 8.92. The third kappa shape index (κ3) is 3.33. The maximum absolute atomic E-state index is 8.92. The molecule has 0 bridgehead atoms. The van der Waals surface area contributed by atoms with Crippen molar-refractivity contribution in [2.24, 2.45) is 7.05 Å². The number of aromatic nitrogens is 2. The molecule has 6 heteroatoms. The molecule has 4 nitrogen and oxygen atoms in total. The molecule has 4 rings (SSSR count). The van der Waals surface area contributed by atoms with E-state index in [1.54, 1.807) is 0 Å². The van der Waals surface area contributed by atoms with Crippen LogP contribution in [0.15, 0.2) is 60.9 Å². The third-order valence-electron chi connectivity index (χ3n) is 3.94. The number of nitrogens with one attached hydrogen (secondary N) is 1. The van der Waals surface area contributed by atoms with Crippen molar-refractivity contribution in [2.75, 3.05) is 0 Å². The topological polar surface area (TPSA) is 61.2 Å². The third-order valence-corrected chi connectivity index (χ3v) is 3.94. The summed E-state index contributed by atoms with van der Waals surface area (Å²) in [6.45, 7) is 0. The number of benzene rings is 2. The van der Waals surface area contributed by atoms with Gasteiger partial charge in [0.1, 0.15) is 0 Å². The summed E-state index contributed by atoms with van der Waals surface area (Å²) in [6, 6.07) is 15.9. The Kier molecular flexibility index (Phi) is 4.55. The first-order valence-electron chi connectivity index (χ1n) is 7.53. The van der Waals surface area contributed by atoms with E-state index in [2.05, 4.69) is 15.6 Å². The molecule has 0 saturated heterocycles. The largest absolute Gasteiger partial charge is 0.449 e. The average Bonchev–Trinajstić information content (AvgIpc) is 3.21. The van der Waals surface area contributed by atoms with Crippen LogP contribution in [0.2, 0.25) is 0 Å². The minimum atomic E-state index is 0.112. The maximum Gasteiger partial charge on any atom is 0.304 e. The Morgan fingerprint density at radius 3 is 2.39 bits per heavy atom. The lowest BCUT2D eigenvalue weighted by Gasteiger charge is -1.97. The van der Waals surface area contributed by atoms with E-state index in [9.17, 15) is 0 Å². The zero-order valence-corrected chi connectivity index (χ0v) is 13.0. The quantitative estimate of drug-likeness (QED) is 0.466. The number of hydrogen-bond acceptors (Lipinski definition) is 2. The lowest BCUT2D eigenvalue weighted by atomic mass is 9.88. The van der Waals surface area contributed by atoms with Gasteiger partial charge in [-0.25, -0.2) is 0 Å². The van der Waals surface area contributed by atoms with Crippen molar-refractivity contribution in [1.29, 1.82) is 0 Å². The Morgan fingerprint density at radius 2 is 1.61 bits per heavy atom. The Labute approximate surface area is 135 Å². The number of rotatable bonds is 2. The Morgan fingerprint density at radius 1 is 0.870 bits per heavy atom. The monoisotopic (exact) mass is 304 g/mol. The summed E-state index contributed by atoms with van der Waals surface area (Å²) in [6.07, 6.45) is 3.91. The van der Waals surface area contributed by atoms with Crippen molar-refractivity contribution >= 4 is 47.7 Å². The first kappa shape index (κ1) is 15.5. The normalized spacial score (nSPS) is 10.4. The van der Waals surface area contributed by atoms with Crippen molar-refractivity contribution in [3.8, 4) is 0 Å². The van der Waals surface area contributed by atoms with E-state index in [-0.39, 0.29) is 15.0 Å². The molecule has 23 heavy (non-hydrogen) atoms. The summed E-state index contributed by atoms with van der Waals surface area (Å²) in [5.74, 6) is 0. The van der Waals surface area contributed by atoms with Gasteiger partial charge in [0.25, 0.3) is 0 Å². The van der Waals surface area contributed by atoms with Crippen molar-refractivity contribution < 1.29 is 10.0 Å². The molecule has 4 aromatic rings. The second-order valence-corrected chi connectivity index (χ2v) is 5.54. The fourth-order valence-electron chi connectivity index (χ4n) is 2.61. The van der Waals surface area contributed by atoms with E-state index >= 15 is 0 Å². The van der Waals surface area contributed by atoms with Crippen LogP contribution in [0.4, 0.5) is 0 Å². The number of hydrogen-bond donors (Lipinski definition) is 3. The molecule has 0 fully saturated rings. The first-order chi connectivity index (χ1) is 11.2. The van der Waals surface area contributed by atoms with Crippen LogP contribution >= 0.6 is 0 Å². The van der Waals surface area contributed by atoms with Gasteiger partial charge in [0.15, 0.2) is 0 Å². The van der Waals surface area contributed by atoms with E-state index < -0.39 is 0 Å². The summed E-state index contributed by atoms with van der Waals surface area (Å²) in [7, 11) is 2.23. The van der Waals surface area contributed by atoms with Crippen LogP contribution in [0.3, 0.4) is 0 Å². The minimum Gasteiger partial charge on any atom is -0.449 e. The van der Waals surface area contributed by atoms with Gasteiger partial charge >= 0.3 is 15.0 Å². The van der Waals surface area contributed by atoms with Crippen LogP contribution in [0.25, 0.3) is 21.8 Å². The van der Waals surface area contributed by atoms with Gasteiger partial charge in [0, 0.05) is 30.5 Å². The first-order valence-corrected chi connectivity index (χ1v) is 7.53. The zero-order chi connectivity index (χ0) is 16.2. The average molecular weight is 304 g/mol. The van der Waals surface area contributed by atoms with Crippen LogP contribution in [0.1, 0.15) is 0 Å². The number of aryl methyl sites for hydroxylation is 1. The molecule has 0 radical (unpaired) electrons. The summed E-state index contributed by atoms with van der Waals surface area (Å²) in [4.78, 5) is 3.09. The molecule has 0 spiro atoms. The lowest BCUT2D eigenvalue weighted by molar-refractivity contribution is 0.615. The van der Waals surface area contributed by atoms with E-state index in [1.165, 1.54) is 10.9 Å². The van der Waals surface area contributed by atoms with Gasteiger partial charge < -0.3 is 19.6 Å². The van der Waals surface area contributed by atoms with Crippen molar-refractivity contribution in [2.45, 2.75) is 0 Å². The van der Waals surface area contributed by atoms with Crippen LogP contribution in [0, 0.1) is 0 Å². The summed E-state index contributed by atoms with van der Waals surface area (Å²) in [5.41, 5.74) is 4.20. The van der Waals surface area contributed by atoms with Crippen molar-refractivity contribution in [1.82, 2.24) is 9.55 Å². The van der Waals surface area contributed by atoms with Crippen LogP contribution in [-0.2, 0) is 7.05 Å². The van der Waals surface area contributed by atoms with Gasteiger partial charge in [0.05, 0.1) is 0 Å². The summed E-state index contributed by atoms with van der Waals surface area (Å²) < 4.78 is 2.05. The molecule has 0 aliphatic rings. The zero-order valence-electron chi connectivity index (χ0n) is 13.0. The molecule has 0 unspecified atom stereocenters. The van der Waals surface area contributed by atoms with Gasteiger partial charge in [-0.2, -0.15) is 0 Å². The molecule has 2 aromatic heterocycles. The molecule has 0 atom stereocenters. The molecule has 0 aliphatic carbocycles. The van der Waals surface area contributed by atoms with Gasteiger partial charge in [-0.15, -0.1) is 0 Å². The SMILES string of the molecule is Cn1ccc2ccc(BO)cc21.OBc1ccc2[nH]ccc2c1. The van der Waals surface area contributed by atoms with E-state index in [0.717, 1.165) is 21.8 Å². The van der Waals surface area contributed by atoms with Gasteiger partial charge in [-0.3, -0.25) is 0 Å². The smallest absolute Gasteiger partial charge is 0.304 e. The van der Waals surface area contributed by atoms with Crippen LogP contribution in [0.5, 0.6) is 0 Å². The molecule has 3 N–H and O–H groups in total. The van der Waals surface area contributed by atoms with Gasteiger partial charge in [-0.1, -0.05) is 35.2 Å². The van der Waals surface area contributed by atoms with E-state index in [0.29, 0.717) is 0 Å². The highest BCUT2D eigenvalue weighted by atomic mass is 16.2. The molecule has 2 aromatic carbocycles. The van der Waals surface area contributed by atoms with Crippen LogP contribution in [-0.4, -0.2) is 34.6 Å². The Bertz CT molecular complexity index is 931. The fourth-order valence-corrected chi connectivity index (χ4v) is 2.61. The second-order valence-electron chi connectivity index (χ2n) is 5.54. The minimum absolute atomic E-state index is 0.112. The number of H-pyrrole nitrogens is 1. The summed E-state index contributed by atoms with van der Waals surface area (Å²) >= 11 is 0. The van der Waals surface area contributed by atoms with Crippen molar-refractivity contribution in [3.63, 3.8) is 0 Å². The standard InChI is InChI=1S/C9H10BNO.C8H8BNO/c1-11-5-4-7-2-3-8(10-12)6-9(7)11;11-9-7-1-2-8-6(5-7)3-4-10-8/h2-6,10,12H,1H3;1-5,9-11H. The molecule has 2 heterocycles. The summed E-state index contributed by atoms with van der Waals surface area (Å²) in [5, 5.41) is 20.1. The highest BCUT2D eigenvalue weighted by molar-refractivity contribution is 6.46. The molecule has 0 aliphatic heterocycles. The second kappa shape index (κ2) is 6.77. The van der Waals surface area contributed by atoms with Gasteiger partial charge in [0.2, 0.25) is 0 Å². The van der Waals surface area contributed by atoms with Crippen LogP contribution < -0.4 is 10.9 Å². The van der Waals surface area contributed by atoms with Crippen molar-refractivity contribution in [3.05, 3.63) is 60.9 Å². The highest BCUT2D eigenvalue weighted by Crippen LogP contribution is 2.11. The molecule has 0 amide bonds. The number of aromatic amines is 1. The number of fused-ring (bicyclic) bond motifs is 2. The molecular formula is C17H18B2N2O2. The van der Waals surface area contributed by atoms with E-state index in [4.69, 9.17) is 10.0 Å². The number of nitrogens with zero attached hydrogens (tertiary/aromatic N) is 1. The van der Waals surface area contributed by atoms with E-state index in [1.807, 2.05) is 61.9 Å². The Hall–Kier alpha value is -2.43. The fraction of sp³-hybridized carbons (Fsp3) is 0.0588. The predicted octanol–water partition coefficient (Wildman–Crippen LogP) is 0.284. The molecular weight excluding hydrogens is 286 g/mol.